The van der Waals surface area contributed by atoms with Crippen LogP contribution in [0.4, 0.5) is 15.9 Å². The monoisotopic (exact) mass is 669 g/mol. The number of benzene rings is 3. The van der Waals surface area contributed by atoms with Crippen LogP contribution in [0.5, 0.6) is 5.75 Å². The van der Waals surface area contributed by atoms with Gasteiger partial charge in [0.2, 0.25) is 10.0 Å². The van der Waals surface area contributed by atoms with E-state index < -0.39 is 15.3 Å². The maximum Gasteiger partial charge on any atom is 0.216 e. The van der Waals surface area contributed by atoms with Gasteiger partial charge in [-0.1, -0.05) is 25.1 Å². The van der Waals surface area contributed by atoms with Gasteiger partial charge >= 0.3 is 0 Å². The van der Waals surface area contributed by atoms with Crippen LogP contribution in [0.3, 0.4) is 0 Å². The van der Waals surface area contributed by atoms with Crippen molar-refractivity contribution in [2.75, 3.05) is 11.9 Å². The molecule has 0 aliphatic rings. The predicted molar refractivity (Wildman–Crippen MR) is 169 cm³/mol. The quantitative estimate of drug-likeness (QED) is 0.155. The Labute approximate surface area is 256 Å². The zero-order valence-electron chi connectivity index (χ0n) is 23.2. The summed E-state index contributed by atoms with van der Waals surface area (Å²) in [6, 6.07) is 17.7. The zero-order valence-corrected chi connectivity index (χ0v) is 26.4. The van der Waals surface area contributed by atoms with Crippen molar-refractivity contribution in [1.29, 1.82) is 0 Å². The predicted octanol–water partition coefficient (Wildman–Crippen LogP) is 7.54. The summed E-state index contributed by atoms with van der Waals surface area (Å²) < 4.78 is 46.9. The molecule has 3 aromatic carbocycles. The zero-order chi connectivity index (χ0) is 29.9. The average Bonchev–Trinajstić information content (AvgIpc) is 3.44. The first kappa shape index (κ1) is 30.0. The Hall–Kier alpha value is -3.45. The van der Waals surface area contributed by atoms with Gasteiger partial charge in [-0.3, -0.25) is 0 Å². The van der Waals surface area contributed by atoms with Crippen LogP contribution in [-0.2, 0) is 23.2 Å². The molecule has 0 aliphatic heterocycles. The van der Waals surface area contributed by atoms with Gasteiger partial charge in [0.15, 0.2) is 0 Å². The SMILES string of the molecule is CCN(Cc1nc(-c2ccc3ncnc(Nc4ccc(OCc5cccc(F)c5)c(Br)c4)c3c2)cs1)S(=O)(=O)C(C)C. The molecular formula is C30H29BrFN5O3S2. The summed E-state index contributed by atoms with van der Waals surface area (Å²) >= 11 is 5.00. The van der Waals surface area contributed by atoms with Crippen LogP contribution in [0.25, 0.3) is 22.2 Å². The second-order valence-corrected chi connectivity index (χ2v) is 14.1. The van der Waals surface area contributed by atoms with E-state index in [2.05, 4.69) is 31.2 Å². The number of nitrogens with one attached hydrogen (secondary N) is 1. The Bertz CT molecular complexity index is 1830. The Kier molecular flexibility index (Phi) is 9.16. The molecule has 5 rings (SSSR count). The molecule has 0 bridgehead atoms. The standard InChI is InChI=1S/C30H29BrFN5O3S2/c1-4-37(42(38,39)19(2)3)15-29-36-27(17-41-29)21-8-10-26-24(13-21)30(34-18-33-26)35-23-9-11-28(25(31)14-23)40-16-20-6-5-7-22(32)12-20/h5-14,17-19H,4,15-16H2,1-3H3,(H,33,34,35). The van der Waals surface area contributed by atoms with Gasteiger partial charge in [-0.25, -0.2) is 27.8 Å². The fourth-order valence-electron chi connectivity index (χ4n) is 4.28. The van der Waals surface area contributed by atoms with Crippen LogP contribution in [0.2, 0.25) is 0 Å². The van der Waals surface area contributed by atoms with Gasteiger partial charge in [-0.05, 0) is 77.8 Å². The minimum Gasteiger partial charge on any atom is -0.488 e. The van der Waals surface area contributed by atoms with Gasteiger partial charge in [0, 0.05) is 28.6 Å². The van der Waals surface area contributed by atoms with Crippen molar-refractivity contribution in [3.63, 3.8) is 0 Å². The smallest absolute Gasteiger partial charge is 0.216 e. The Morgan fingerprint density at radius 3 is 2.67 bits per heavy atom. The molecule has 0 atom stereocenters. The number of thiazole rings is 1. The van der Waals surface area contributed by atoms with E-state index in [4.69, 9.17) is 9.72 Å². The van der Waals surface area contributed by atoms with Crippen molar-refractivity contribution >= 4 is 59.7 Å². The summed E-state index contributed by atoms with van der Waals surface area (Å²) in [6.07, 6.45) is 1.51. The third kappa shape index (κ3) is 6.78. The fraction of sp³-hybridized carbons (Fsp3) is 0.233. The van der Waals surface area contributed by atoms with Crippen molar-refractivity contribution in [3.8, 4) is 17.0 Å². The van der Waals surface area contributed by atoms with E-state index >= 15 is 0 Å². The molecule has 2 heterocycles. The molecule has 5 aromatic rings. The number of hydrogen-bond acceptors (Lipinski definition) is 8. The van der Waals surface area contributed by atoms with E-state index in [1.807, 2.05) is 54.8 Å². The van der Waals surface area contributed by atoms with Crippen molar-refractivity contribution in [2.45, 2.75) is 39.2 Å². The third-order valence-corrected chi connectivity index (χ3v) is 10.3. The molecule has 0 fully saturated rings. The Balaban J connectivity index is 1.34. The average molecular weight is 671 g/mol. The second kappa shape index (κ2) is 12.8. The van der Waals surface area contributed by atoms with Crippen LogP contribution in [0.1, 0.15) is 31.3 Å². The van der Waals surface area contributed by atoms with E-state index in [0.29, 0.717) is 18.1 Å². The minimum absolute atomic E-state index is 0.238. The Morgan fingerprint density at radius 1 is 1.10 bits per heavy atom. The number of rotatable bonds is 11. The third-order valence-electron chi connectivity index (χ3n) is 6.58. The van der Waals surface area contributed by atoms with Crippen molar-refractivity contribution in [1.82, 2.24) is 19.3 Å². The van der Waals surface area contributed by atoms with Crippen LogP contribution in [-0.4, -0.2) is 39.5 Å². The molecule has 42 heavy (non-hydrogen) atoms. The number of nitrogens with zero attached hydrogens (tertiary/aromatic N) is 4. The molecule has 8 nitrogen and oxygen atoms in total. The molecule has 0 amide bonds. The van der Waals surface area contributed by atoms with Gasteiger partial charge in [-0.15, -0.1) is 11.3 Å². The lowest BCUT2D eigenvalue weighted by Gasteiger charge is -2.21. The molecule has 0 saturated carbocycles. The summed E-state index contributed by atoms with van der Waals surface area (Å²) in [7, 11) is -3.38. The van der Waals surface area contributed by atoms with Crippen LogP contribution in [0, 0.1) is 5.82 Å². The molecule has 0 aliphatic carbocycles. The lowest BCUT2D eigenvalue weighted by atomic mass is 10.1. The summed E-state index contributed by atoms with van der Waals surface area (Å²) in [5, 5.41) is 6.34. The van der Waals surface area contributed by atoms with Crippen molar-refractivity contribution < 1.29 is 17.5 Å². The van der Waals surface area contributed by atoms with E-state index in [0.717, 1.165) is 42.9 Å². The summed E-state index contributed by atoms with van der Waals surface area (Å²) in [5.74, 6) is 0.949. The number of halogens is 2. The van der Waals surface area contributed by atoms with Gasteiger partial charge in [0.25, 0.3) is 0 Å². The van der Waals surface area contributed by atoms with Gasteiger partial charge in [0.05, 0.1) is 27.5 Å². The molecule has 0 spiro atoms. The minimum atomic E-state index is -3.38. The highest BCUT2D eigenvalue weighted by molar-refractivity contribution is 9.10. The molecule has 0 saturated heterocycles. The second-order valence-electron chi connectivity index (χ2n) is 9.79. The van der Waals surface area contributed by atoms with Crippen LogP contribution in [0.15, 0.2) is 76.8 Å². The first-order valence-corrected chi connectivity index (χ1v) is 16.4. The first-order valence-electron chi connectivity index (χ1n) is 13.3. The molecule has 2 aromatic heterocycles. The highest BCUT2D eigenvalue weighted by Crippen LogP contribution is 2.33. The highest BCUT2D eigenvalue weighted by atomic mass is 79.9. The molecule has 218 valence electrons. The molecule has 0 radical (unpaired) electrons. The molecular weight excluding hydrogens is 641 g/mol. The number of hydrogen-bond donors (Lipinski definition) is 1. The number of aromatic nitrogens is 3. The van der Waals surface area contributed by atoms with Crippen LogP contribution < -0.4 is 10.1 Å². The van der Waals surface area contributed by atoms with Gasteiger partial charge in [0.1, 0.15) is 35.3 Å². The van der Waals surface area contributed by atoms with E-state index in [1.54, 1.807) is 19.9 Å². The van der Waals surface area contributed by atoms with E-state index in [9.17, 15) is 12.8 Å². The summed E-state index contributed by atoms with van der Waals surface area (Å²) in [4.78, 5) is 13.6. The van der Waals surface area contributed by atoms with Crippen LogP contribution >= 0.6 is 27.3 Å². The maximum absolute atomic E-state index is 13.5. The number of anilines is 2. The number of fused-ring (bicyclic) bond motifs is 1. The van der Waals surface area contributed by atoms with E-state index in [-0.39, 0.29) is 19.0 Å². The number of ether oxygens (including phenoxy) is 1. The maximum atomic E-state index is 13.5. The molecule has 0 unspecified atom stereocenters. The Morgan fingerprint density at radius 2 is 1.93 bits per heavy atom. The van der Waals surface area contributed by atoms with Crippen molar-refractivity contribution in [3.05, 3.63) is 93.2 Å². The number of sulfonamides is 1. The van der Waals surface area contributed by atoms with E-state index in [1.165, 1.54) is 34.1 Å². The van der Waals surface area contributed by atoms with Gasteiger partial charge in [-0.2, -0.15) is 4.31 Å². The van der Waals surface area contributed by atoms with Crippen molar-refractivity contribution in [2.24, 2.45) is 0 Å². The fourth-order valence-corrected chi connectivity index (χ4v) is 6.93. The highest BCUT2D eigenvalue weighted by Gasteiger charge is 2.25. The lowest BCUT2D eigenvalue weighted by molar-refractivity contribution is 0.303. The largest absolute Gasteiger partial charge is 0.488 e. The first-order chi connectivity index (χ1) is 20.1. The summed E-state index contributed by atoms with van der Waals surface area (Å²) in [6.45, 7) is 6.06. The van der Waals surface area contributed by atoms with Gasteiger partial charge < -0.3 is 10.1 Å². The topological polar surface area (TPSA) is 97.3 Å². The normalized spacial score (nSPS) is 11.9. The molecule has 12 heteroatoms. The summed E-state index contributed by atoms with van der Waals surface area (Å²) in [5.41, 5.74) is 3.92. The lowest BCUT2D eigenvalue weighted by Crippen LogP contribution is -2.35. The molecule has 1 N–H and O–H groups in total.